The smallest absolute Gasteiger partial charge is 0.359 e. The summed E-state index contributed by atoms with van der Waals surface area (Å²) in [6.45, 7) is 1.90. The number of ether oxygens (including phenoxy) is 2. The number of methoxy groups -OCH3 is 1. The van der Waals surface area contributed by atoms with Crippen LogP contribution in [0, 0.1) is 5.82 Å². The number of rotatable bonds is 5. The van der Waals surface area contributed by atoms with E-state index in [1.165, 1.54) is 30.0 Å². The highest BCUT2D eigenvalue weighted by Gasteiger charge is 2.18. The summed E-state index contributed by atoms with van der Waals surface area (Å²) in [4.78, 5) is 24.9. The lowest BCUT2D eigenvalue weighted by Crippen LogP contribution is -2.25. The molecule has 0 saturated carbocycles. The number of benzene rings is 2. The van der Waals surface area contributed by atoms with E-state index in [4.69, 9.17) is 9.47 Å². The van der Waals surface area contributed by atoms with E-state index in [1.54, 1.807) is 31.2 Å². The Balaban J connectivity index is 1.95. The Hall–Kier alpha value is -3.22. The van der Waals surface area contributed by atoms with E-state index < -0.39 is 11.8 Å². The fraction of sp³-hybridized carbons (Fsp3) is 0.211. The summed E-state index contributed by atoms with van der Waals surface area (Å²) >= 11 is 0. The molecule has 2 aromatic carbocycles. The number of carbonyl (C=O) groups is 1. The van der Waals surface area contributed by atoms with Gasteiger partial charge in [0.1, 0.15) is 18.2 Å². The van der Waals surface area contributed by atoms with Crippen molar-refractivity contribution in [1.29, 1.82) is 0 Å². The van der Waals surface area contributed by atoms with Crippen LogP contribution in [-0.4, -0.2) is 22.9 Å². The van der Waals surface area contributed by atoms with Gasteiger partial charge in [-0.3, -0.25) is 4.79 Å². The molecular weight excluding hydrogens is 339 g/mol. The van der Waals surface area contributed by atoms with Gasteiger partial charge in [0.25, 0.3) is 5.56 Å². The SMILES string of the molecule is CCn1nc(C(=O)OCc2cc(F)ccc2OC)c2ccccc2c1=O. The number of carbonyl (C=O) groups excluding carboxylic acids is 1. The molecule has 0 spiro atoms. The zero-order valence-corrected chi connectivity index (χ0v) is 14.4. The summed E-state index contributed by atoms with van der Waals surface area (Å²) in [6, 6.07) is 10.7. The van der Waals surface area contributed by atoms with E-state index in [0.717, 1.165) is 0 Å². The van der Waals surface area contributed by atoms with Crippen LogP contribution < -0.4 is 10.3 Å². The van der Waals surface area contributed by atoms with Crippen molar-refractivity contribution in [1.82, 2.24) is 9.78 Å². The number of aryl methyl sites for hydroxylation is 1. The monoisotopic (exact) mass is 356 g/mol. The molecule has 1 heterocycles. The number of hydrogen-bond acceptors (Lipinski definition) is 5. The first-order valence-corrected chi connectivity index (χ1v) is 8.04. The Morgan fingerprint density at radius 1 is 1.19 bits per heavy atom. The van der Waals surface area contributed by atoms with Gasteiger partial charge < -0.3 is 9.47 Å². The van der Waals surface area contributed by atoms with Crippen LogP contribution in [0.15, 0.2) is 47.3 Å². The summed E-state index contributed by atoms with van der Waals surface area (Å²) in [5, 5.41) is 4.92. The van der Waals surface area contributed by atoms with Crippen molar-refractivity contribution in [3.8, 4) is 5.75 Å². The van der Waals surface area contributed by atoms with Crippen molar-refractivity contribution >= 4 is 16.7 Å². The molecule has 0 unspecified atom stereocenters. The number of aromatic nitrogens is 2. The van der Waals surface area contributed by atoms with E-state index in [9.17, 15) is 14.0 Å². The molecule has 3 aromatic rings. The van der Waals surface area contributed by atoms with Crippen molar-refractivity contribution in [3.63, 3.8) is 0 Å². The van der Waals surface area contributed by atoms with E-state index in [2.05, 4.69) is 5.10 Å². The zero-order chi connectivity index (χ0) is 18.7. The second-order valence-electron chi connectivity index (χ2n) is 5.55. The van der Waals surface area contributed by atoms with Crippen LogP contribution >= 0.6 is 0 Å². The first-order chi connectivity index (χ1) is 12.5. The summed E-state index contributed by atoms with van der Waals surface area (Å²) in [6.07, 6.45) is 0. The number of halogens is 1. The van der Waals surface area contributed by atoms with Gasteiger partial charge in [-0.05, 0) is 31.2 Å². The summed E-state index contributed by atoms with van der Waals surface area (Å²) in [5.74, 6) is -0.745. The Morgan fingerprint density at radius 2 is 1.92 bits per heavy atom. The van der Waals surface area contributed by atoms with Crippen LogP contribution in [0.2, 0.25) is 0 Å². The quantitative estimate of drug-likeness (QED) is 0.658. The van der Waals surface area contributed by atoms with Gasteiger partial charge in [-0.2, -0.15) is 5.10 Å². The van der Waals surface area contributed by atoms with Crippen molar-refractivity contribution in [2.24, 2.45) is 0 Å². The Kier molecular flexibility index (Phi) is 4.97. The highest BCUT2D eigenvalue weighted by atomic mass is 19.1. The van der Waals surface area contributed by atoms with Gasteiger partial charge in [0.05, 0.1) is 12.5 Å². The second-order valence-corrected chi connectivity index (χ2v) is 5.55. The van der Waals surface area contributed by atoms with Gasteiger partial charge in [-0.25, -0.2) is 13.9 Å². The molecular formula is C19H17FN2O4. The number of esters is 1. The fourth-order valence-electron chi connectivity index (χ4n) is 2.67. The molecule has 0 N–H and O–H groups in total. The molecule has 0 saturated heterocycles. The predicted octanol–water partition coefficient (Wildman–Crippen LogP) is 2.92. The second kappa shape index (κ2) is 7.35. The maximum Gasteiger partial charge on any atom is 0.359 e. The molecule has 0 bridgehead atoms. The molecule has 134 valence electrons. The molecule has 0 fully saturated rings. The lowest BCUT2D eigenvalue weighted by atomic mass is 10.1. The average molecular weight is 356 g/mol. The van der Waals surface area contributed by atoms with Gasteiger partial charge in [-0.1, -0.05) is 18.2 Å². The minimum Gasteiger partial charge on any atom is -0.496 e. The van der Waals surface area contributed by atoms with Crippen LogP contribution in [0.1, 0.15) is 23.0 Å². The van der Waals surface area contributed by atoms with Gasteiger partial charge in [0.2, 0.25) is 0 Å². The molecule has 0 aliphatic carbocycles. The fourth-order valence-corrected chi connectivity index (χ4v) is 2.67. The third-order valence-electron chi connectivity index (χ3n) is 3.96. The standard InChI is InChI=1S/C19H17FN2O4/c1-3-22-18(23)15-7-5-4-6-14(15)17(21-22)19(24)26-11-12-10-13(20)8-9-16(12)25-2/h4-10H,3,11H2,1-2H3. The molecule has 3 rings (SSSR count). The molecule has 6 nitrogen and oxygen atoms in total. The van der Waals surface area contributed by atoms with Gasteiger partial charge in [0.15, 0.2) is 5.69 Å². The van der Waals surface area contributed by atoms with Crippen molar-refractivity contribution < 1.29 is 18.7 Å². The van der Waals surface area contributed by atoms with Crippen LogP contribution in [0.3, 0.4) is 0 Å². The van der Waals surface area contributed by atoms with Gasteiger partial charge in [-0.15, -0.1) is 0 Å². The first kappa shape index (κ1) is 17.6. The van der Waals surface area contributed by atoms with Gasteiger partial charge in [0, 0.05) is 17.5 Å². The number of nitrogens with zero attached hydrogens (tertiary/aromatic N) is 2. The van der Waals surface area contributed by atoms with Crippen LogP contribution in [0.25, 0.3) is 10.8 Å². The molecule has 0 radical (unpaired) electrons. The summed E-state index contributed by atoms with van der Waals surface area (Å²) in [5.41, 5.74) is 0.165. The lowest BCUT2D eigenvalue weighted by Gasteiger charge is -2.11. The molecule has 26 heavy (non-hydrogen) atoms. The summed E-state index contributed by atoms with van der Waals surface area (Å²) < 4.78 is 25.1. The van der Waals surface area contributed by atoms with Crippen molar-refractivity contribution in [2.45, 2.75) is 20.1 Å². The number of hydrogen-bond donors (Lipinski definition) is 0. The molecule has 0 atom stereocenters. The highest BCUT2D eigenvalue weighted by molar-refractivity contribution is 6.02. The maximum atomic E-state index is 13.4. The number of fused-ring (bicyclic) bond motifs is 1. The minimum atomic E-state index is -0.699. The first-order valence-electron chi connectivity index (χ1n) is 8.04. The van der Waals surface area contributed by atoms with Crippen LogP contribution in [0.4, 0.5) is 4.39 Å². The Labute approximate surface area is 148 Å². The van der Waals surface area contributed by atoms with E-state index in [0.29, 0.717) is 28.6 Å². The minimum absolute atomic E-state index is 0.0393. The molecule has 0 amide bonds. The predicted molar refractivity (Wildman–Crippen MR) is 93.7 cm³/mol. The van der Waals surface area contributed by atoms with E-state index in [1.807, 2.05) is 0 Å². The maximum absolute atomic E-state index is 13.4. The normalized spacial score (nSPS) is 10.7. The Morgan fingerprint density at radius 3 is 2.62 bits per heavy atom. The van der Waals surface area contributed by atoms with Crippen molar-refractivity contribution in [2.75, 3.05) is 7.11 Å². The molecule has 0 aliphatic rings. The summed E-state index contributed by atoms with van der Waals surface area (Å²) in [7, 11) is 1.45. The van der Waals surface area contributed by atoms with E-state index >= 15 is 0 Å². The van der Waals surface area contributed by atoms with Gasteiger partial charge >= 0.3 is 5.97 Å². The largest absolute Gasteiger partial charge is 0.496 e. The molecule has 0 aliphatic heterocycles. The van der Waals surface area contributed by atoms with Crippen molar-refractivity contribution in [3.05, 3.63) is 69.9 Å². The highest BCUT2D eigenvalue weighted by Crippen LogP contribution is 2.21. The third-order valence-corrected chi connectivity index (χ3v) is 3.96. The van der Waals surface area contributed by atoms with E-state index in [-0.39, 0.29) is 17.9 Å². The average Bonchev–Trinajstić information content (AvgIpc) is 2.66. The topological polar surface area (TPSA) is 70.4 Å². The Bertz CT molecular complexity index is 1030. The molecule has 1 aromatic heterocycles. The lowest BCUT2D eigenvalue weighted by molar-refractivity contribution is 0.0462. The van der Waals surface area contributed by atoms with Crippen LogP contribution in [-0.2, 0) is 17.9 Å². The molecule has 7 heteroatoms. The third kappa shape index (κ3) is 3.28. The zero-order valence-electron chi connectivity index (χ0n) is 14.4. The van der Waals surface area contributed by atoms with Crippen LogP contribution in [0.5, 0.6) is 5.75 Å².